The minimum Gasteiger partial charge on any atom is -0.336 e. The molecular weight excluding hydrogens is 416 g/mol. The summed E-state index contributed by atoms with van der Waals surface area (Å²) in [7, 11) is 1.81. The molecule has 2 aromatic heterocycles. The smallest absolute Gasteiger partial charge is 0.233 e. The fraction of sp³-hybridized carbons (Fsp3) is 0.286. The number of carbonyl (C=O) groups is 1. The number of hydrogen-bond donors (Lipinski definition) is 0. The summed E-state index contributed by atoms with van der Waals surface area (Å²) in [6.07, 6.45) is 0. The Morgan fingerprint density at radius 3 is 2.63 bits per heavy atom. The maximum absolute atomic E-state index is 12.9. The molecule has 4 aromatic rings. The molecule has 30 heavy (non-hydrogen) atoms. The molecule has 0 saturated carbocycles. The molecule has 0 aliphatic carbocycles. The highest BCUT2D eigenvalue weighted by molar-refractivity contribution is 7.99. The van der Waals surface area contributed by atoms with Gasteiger partial charge in [0.25, 0.3) is 0 Å². The van der Waals surface area contributed by atoms with Crippen LogP contribution in [0.2, 0.25) is 0 Å². The van der Waals surface area contributed by atoms with Gasteiger partial charge in [0.15, 0.2) is 0 Å². The van der Waals surface area contributed by atoms with Crippen molar-refractivity contribution >= 4 is 39.2 Å². The maximum atomic E-state index is 12.9. The topological polar surface area (TPSA) is 76.8 Å². The summed E-state index contributed by atoms with van der Waals surface area (Å²) in [5.41, 5.74) is 4.08. The molecule has 0 aliphatic heterocycles. The van der Waals surface area contributed by atoms with Gasteiger partial charge in [0.05, 0.1) is 27.7 Å². The van der Waals surface area contributed by atoms with Crippen molar-refractivity contribution < 1.29 is 4.79 Å². The predicted molar refractivity (Wildman–Crippen MR) is 120 cm³/mol. The first kappa shape index (κ1) is 20.5. The molecular formula is C21H22N6OS2. The van der Waals surface area contributed by atoms with Gasteiger partial charge in [0, 0.05) is 7.05 Å². The Morgan fingerprint density at radius 2 is 1.90 bits per heavy atom. The lowest BCUT2D eigenvalue weighted by atomic mass is 10.1. The minimum atomic E-state index is -0.106. The molecule has 7 nitrogen and oxygen atoms in total. The fourth-order valence-electron chi connectivity index (χ4n) is 3.23. The maximum Gasteiger partial charge on any atom is 0.233 e. The van der Waals surface area contributed by atoms with Crippen molar-refractivity contribution in [3.63, 3.8) is 0 Å². The molecule has 0 bridgehead atoms. The lowest BCUT2D eigenvalue weighted by Gasteiger charge is -2.23. The Balaban J connectivity index is 1.47. The first-order valence-electron chi connectivity index (χ1n) is 9.54. The monoisotopic (exact) mass is 438 g/mol. The first-order valence-corrected chi connectivity index (χ1v) is 11.3. The molecule has 0 aliphatic rings. The molecule has 2 aromatic carbocycles. The van der Waals surface area contributed by atoms with Gasteiger partial charge in [-0.25, -0.2) is 4.98 Å². The van der Waals surface area contributed by atoms with Gasteiger partial charge in [-0.1, -0.05) is 42.1 Å². The van der Waals surface area contributed by atoms with Crippen LogP contribution < -0.4 is 0 Å². The molecule has 2 heterocycles. The number of thiazole rings is 1. The fourth-order valence-corrected chi connectivity index (χ4v) is 5.09. The number of nitrogens with zero attached hydrogens (tertiary/aromatic N) is 6. The highest BCUT2D eigenvalue weighted by Crippen LogP contribution is 2.30. The number of para-hydroxylation sites is 2. The molecule has 0 saturated heterocycles. The zero-order valence-corrected chi connectivity index (χ0v) is 18.9. The van der Waals surface area contributed by atoms with Crippen LogP contribution in [0, 0.1) is 13.8 Å². The van der Waals surface area contributed by atoms with Crippen molar-refractivity contribution in [1.82, 2.24) is 30.1 Å². The summed E-state index contributed by atoms with van der Waals surface area (Å²) in [6, 6.07) is 14.0. The number of aryl methyl sites for hydroxylation is 2. The van der Waals surface area contributed by atoms with E-state index in [0.29, 0.717) is 5.16 Å². The lowest BCUT2D eigenvalue weighted by molar-refractivity contribution is -0.128. The third-order valence-electron chi connectivity index (χ3n) is 5.06. The number of fused-ring (bicyclic) bond motifs is 1. The van der Waals surface area contributed by atoms with Crippen LogP contribution in [-0.4, -0.2) is 48.8 Å². The Hall–Kier alpha value is -2.78. The molecule has 1 amide bonds. The SMILES string of the molecule is Cc1cccc(C)c1-n1nnnc1SCC(=O)N(C)C(C)c1nc2ccccc2s1. The molecule has 1 atom stereocenters. The van der Waals surface area contributed by atoms with Crippen LogP contribution in [0.3, 0.4) is 0 Å². The average Bonchev–Trinajstić information content (AvgIpc) is 3.37. The second kappa shape index (κ2) is 8.53. The Morgan fingerprint density at radius 1 is 1.17 bits per heavy atom. The van der Waals surface area contributed by atoms with Crippen molar-refractivity contribution in [1.29, 1.82) is 0 Å². The van der Waals surface area contributed by atoms with E-state index in [4.69, 9.17) is 0 Å². The van der Waals surface area contributed by atoms with E-state index in [1.54, 1.807) is 20.9 Å². The van der Waals surface area contributed by atoms with E-state index in [1.807, 2.05) is 70.3 Å². The van der Waals surface area contributed by atoms with Crippen LogP contribution in [0.1, 0.15) is 29.1 Å². The predicted octanol–water partition coefficient (Wildman–Crippen LogP) is 4.20. The Bertz CT molecular complexity index is 1150. The van der Waals surface area contributed by atoms with E-state index >= 15 is 0 Å². The van der Waals surface area contributed by atoms with Crippen LogP contribution in [0.25, 0.3) is 15.9 Å². The highest BCUT2D eigenvalue weighted by Gasteiger charge is 2.22. The lowest BCUT2D eigenvalue weighted by Crippen LogP contribution is -2.31. The van der Waals surface area contributed by atoms with Crippen molar-refractivity contribution in [2.45, 2.75) is 32.0 Å². The van der Waals surface area contributed by atoms with Gasteiger partial charge in [0.2, 0.25) is 11.1 Å². The zero-order chi connectivity index (χ0) is 21.3. The van der Waals surface area contributed by atoms with E-state index in [-0.39, 0.29) is 17.7 Å². The second-order valence-corrected chi connectivity index (χ2v) is 9.11. The number of aromatic nitrogens is 5. The van der Waals surface area contributed by atoms with E-state index < -0.39 is 0 Å². The normalized spacial score (nSPS) is 12.3. The number of benzene rings is 2. The minimum absolute atomic E-state index is 0.00260. The van der Waals surface area contributed by atoms with E-state index in [1.165, 1.54) is 11.8 Å². The number of amides is 1. The zero-order valence-electron chi connectivity index (χ0n) is 17.2. The summed E-state index contributed by atoms with van der Waals surface area (Å²) in [5, 5.41) is 13.6. The molecule has 1 unspecified atom stereocenters. The van der Waals surface area contributed by atoms with Crippen molar-refractivity contribution in [3.8, 4) is 5.69 Å². The number of rotatable bonds is 6. The Kier molecular flexibility index (Phi) is 5.83. The van der Waals surface area contributed by atoms with Crippen molar-refractivity contribution in [2.75, 3.05) is 12.8 Å². The van der Waals surface area contributed by atoms with E-state index in [2.05, 4.69) is 20.5 Å². The van der Waals surface area contributed by atoms with Crippen LogP contribution in [-0.2, 0) is 4.79 Å². The number of thioether (sulfide) groups is 1. The average molecular weight is 439 g/mol. The molecule has 0 spiro atoms. The van der Waals surface area contributed by atoms with Gasteiger partial charge in [-0.2, -0.15) is 4.68 Å². The van der Waals surface area contributed by atoms with Gasteiger partial charge in [-0.3, -0.25) is 4.79 Å². The summed E-state index contributed by atoms with van der Waals surface area (Å²) < 4.78 is 2.84. The third kappa shape index (κ3) is 3.95. The number of carbonyl (C=O) groups excluding carboxylic acids is 1. The highest BCUT2D eigenvalue weighted by atomic mass is 32.2. The van der Waals surface area contributed by atoms with Gasteiger partial charge >= 0.3 is 0 Å². The number of tetrazole rings is 1. The van der Waals surface area contributed by atoms with Gasteiger partial charge in [-0.05, 0) is 54.5 Å². The van der Waals surface area contributed by atoms with Crippen LogP contribution in [0.15, 0.2) is 47.6 Å². The van der Waals surface area contributed by atoms with Crippen molar-refractivity contribution in [2.24, 2.45) is 0 Å². The molecule has 154 valence electrons. The summed E-state index contributed by atoms with van der Waals surface area (Å²) >= 11 is 2.96. The third-order valence-corrected chi connectivity index (χ3v) is 7.17. The molecule has 9 heteroatoms. The van der Waals surface area contributed by atoms with Gasteiger partial charge in [0.1, 0.15) is 5.01 Å². The first-order chi connectivity index (χ1) is 14.5. The largest absolute Gasteiger partial charge is 0.336 e. The Labute approximate surface area is 183 Å². The summed E-state index contributed by atoms with van der Waals surface area (Å²) in [4.78, 5) is 19.3. The molecule has 4 rings (SSSR count). The van der Waals surface area contributed by atoms with Crippen molar-refractivity contribution in [3.05, 3.63) is 58.6 Å². The standard InChI is InChI=1S/C21H22N6OS2/c1-13-8-7-9-14(2)19(13)27-21(23-24-25-27)29-12-18(28)26(4)15(3)20-22-16-10-5-6-11-17(16)30-20/h5-11,15H,12H2,1-4H3. The van der Waals surface area contributed by atoms with Gasteiger partial charge < -0.3 is 4.90 Å². The van der Waals surface area contributed by atoms with E-state index in [0.717, 1.165) is 32.0 Å². The summed E-state index contributed by atoms with van der Waals surface area (Å²) in [5.74, 6) is 0.250. The molecule has 0 fully saturated rings. The van der Waals surface area contributed by atoms with Crippen LogP contribution in [0.4, 0.5) is 0 Å². The molecule has 0 radical (unpaired) electrons. The molecule has 0 N–H and O–H groups in total. The quantitative estimate of drug-likeness (QED) is 0.420. The number of hydrogen-bond acceptors (Lipinski definition) is 7. The van der Waals surface area contributed by atoms with Crippen LogP contribution in [0.5, 0.6) is 0 Å². The summed E-state index contributed by atoms with van der Waals surface area (Å²) in [6.45, 7) is 6.05. The van der Waals surface area contributed by atoms with E-state index in [9.17, 15) is 4.79 Å². The van der Waals surface area contributed by atoms with Gasteiger partial charge in [-0.15, -0.1) is 16.4 Å². The van der Waals surface area contributed by atoms with Crippen LogP contribution >= 0.6 is 23.1 Å². The second-order valence-electron chi connectivity index (χ2n) is 7.10.